The summed E-state index contributed by atoms with van der Waals surface area (Å²) in [5, 5.41) is 6.99. The second-order valence-electron chi connectivity index (χ2n) is 7.62. The smallest absolute Gasteiger partial charge is 0.191 e. The molecule has 2 heterocycles. The van der Waals surface area contributed by atoms with E-state index in [2.05, 4.69) is 58.3 Å². The van der Waals surface area contributed by atoms with Crippen LogP contribution < -0.4 is 10.6 Å². The van der Waals surface area contributed by atoms with Gasteiger partial charge in [-0.3, -0.25) is 14.8 Å². The summed E-state index contributed by atoms with van der Waals surface area (Å²) < 4.78 is 5.46. The van der Waals surface area contributed by atoms with Crippen molar-refractivity contribution in [2.24, 2.45) is 4.99 Å². The Kier molecular flexibility index (Phi) is 9.94. The lowest BCUT2D eigenvalue weighted by atomic mass is 10.0. The zero-order valence-corrected chi connectivity index (χ0v) is 18.9. The highest BCUT2D eigenvalue weighted by molar-refractivity contribution is 14.0. The fraction of sp³-hybridized carbons (Fsp3) is 0.941. The van der Waals surface area contributed by atoms with Crippen LogP contribution in [0.4, 0.5) is 0 Å². The molecule has 1 atom stereocenters. The van der Waals surface area contributed by atoms with E-state index >= 15 is 0 Å². The molecule has 1 unspecified atom stereocenters. The van der Waals surface area contributed by atoms with Crippen LogP contribution in [0.15, 0.2) is 4.99 Å². The number of nitrogens with zero attached hydrogens (tertiary/aromatic N) is 4. The molecule has 0 spiro atoms. The quantitative estimate of drug-likeness (QED) is 0.340. The Morgan fingerprint density at radius 2 is 1.80 bits per heavy atom. The zero-order valence-electron chi connectivity index (χ0n) is 16.5. The van der Waals surface area contributed by atoms with E-state index in [0.29, 0.717) is 6.04 Å². The minimum Gasteiger partial charge on any atom is -0.379 e. The number of morpholine rings is 1. The van der Waals surface area contributed by atoms with Crippen molar-refractivity contribution in [2.75, 3.05) is 80.2 Å². The second kappa shape index (κ2) is 10.9. The van der Waals surface area contributed by atoms with E-state index in [1.54, 1.807) is 0 Å². The lowest BCUT2D eigenvalue weighted by Crippen LogP contribution is -2.58. The van der Waals surface area contributed by atoms with Crippen LogP contribution in [0, 0.1) is 0 Å². The number of likely N-dealkylation sites (N-methyl/N-ethyl adjacent to an activating group) is 2. The fourth-order valence-corrected chi connectivity index (χ4v) is 3.34. The molecule has 2 N–H and O–H groups in total. The van der Waals surface area contributed by atoms with Crippen LogP contribution in [0.2, 0.25) is 0 Å². The summed E-state index contributed by atoms with van der Waals surface area (Å²) >= 11 is 0. The van der Waals surface area contributed by atoms with E-state index in [9.17, 15) is 0 Å². The molecule has 2 saturated heterocycles. The van der Waals surface area contributed by atoms with Crippen molar-refractivity contribution in [2.45, 2.75) is 25.4 Å². The third-order valence-corrected chi connectivity index (χ3v) is 5.26. The summed E-state index contributed by atoms with van der Waals surface area (Å²) in [5.41, 5.74) is 0.0866. The largest absolute Gasteiger partial charge is 0.379 e. The molecule has 0 aromatic heterocycles. The molecular weight excluding hydrogens is 431 g/mol. The molecule has 7 nitrogen and oxygen atoms in total. The Morgan fingerprint density at radius 1 is 1.12 bits per heavy atom. The maximum absolute atomic E-state index is 5.46. The molecule has 8 heteroatoms. The van der Waals surface area contributed by atoms with Gasteiger partial charge in [0.2, 0.25) is 0 Å². The fourth-order valence-electron chi connectivity index (χ4n) is 3.34. The molecule has 2 aliphatic rings. The Balaban J connectivity index is 0.00000312. The normalized spacial score (nSPS) is 24.7. The molecule has 0 amide bonds. The highest BCUT2D eigenvalue weighted by Gasteiger charge is 2.28. The Morgan fingerprint density at radius 3 is 2.44 bits per heavy atom. The van der Waals surface area contributed by atoms with Crippen LogP contribution in [-0.2, 0) is 4.74 Å². The van der Waals surface area contributed by atoms with Crippen molar-refractivity contribution in [3.63, 3.8) is 0 Å². The molecule has 2 aliphatic heterocycles. The molecule has 0 radical (unpaired) electrons. The third-order valence-electron chi connectivity index (χ3n) is 5.26. The average Bonchev–Trinajstić information content (AvgIpc) is 2.58. The molecule has 2 fully saturated rings. The molecule has 0 aromatic carbocycles. The molecular formula is C17H37IN6O. The maximum Gasteiger partial charge on any atom is 0.191 e. The van der Waals surface area contributed by atoms with E-state index in [1.807, 2.05) is 7.05 Å². The molecule has 0 aromatic rings. The SMILES string of the molecule is CN=C(NCC1CN(C)CCN1C)NCC(C)(C)N1CCOCC1.I. The van der Waals surface area contributed by atoms with Crippen molar-refractivity contribution < 1.29 is 4.74 Å². The first-order valence-corrected chi connectivity index (χ1v) is 9.08. The monoisotopic (exact) mass is 468 g/mol. The minimum absolute atomic E-state index is 0. The van der Waals surface area contributed by atoms with Crippen molar-refractivity contribution in [3.05, 3.63) is 0 Å². The van der Waals surface area contributed by atoms with E-state index in [0.717, 1.165) is 65.0 Å². The average molecular weight is 468 g/mol. The van der Waals surface area contributed by atoms with E-state index in [1.165, 1.54) is 0 Å². The van der Waals surface area contributed by atoms with Crippen LogP contribution in [-0.4, -0.2) is 112 Å². The van der Waals surface area contributed by atoms with E-state index in [-0.39, 0.29) is 29.5 Å². The predicted molar refractivity (Wildman–Crippen MR) is 115 cm³/mol. The maximum atomic E-state index is 5.46. The number of aliphatic imine (C=N–C) groups is 1. The van der Waals surface area contributed by atoms with Crippen LogP contribution in [0.5, 0.6) is 0 Å². The second-order valence-corrected chi connectivity index (χ2v) is 7.62. The molecule has 0 saturated carbocycles. The van der Waals surface area contributed by atoms with Crippen molar-refractivity contribution >= 4 is 29.9 Å². The van der Waals surface area contributed by atoms with Crippen LogP contribution in [0.1, 0.15) is 13.8 Å². The van der Waals surface area contributed by atoms with Gasteiger partial charge in [-0.05, 0) is 27.9 Å². The summed E-state index contributed by atoms with van der Waals surface area (Å²) in [6, 6.07) is 0.523. The number of halogens is 1. The topological polar surface area (TPSA) is 55.4 Å². The number of ether oxygens (including phenoxy) is 1. The lowest BCUT2D eigenvalue weighted by molar-refractivity contribution is -0.00835. The standard InChI is InChI=1S/C17H36N6O.HI/c1-17(2,23-8-10-24-11-9-23)14-20-16(18-3)19-12-15-13-21(4)6-7-22(15)5;/h15H,6-14H2,1-5H3,(H2,18,19,20);1H. The number of nitrogens with one attached hydrogen (secondary N) is 2. The van der Waals surface area contributed by atoms with Gasteiger partial charge in [0.05, 0.1) is 13.2 Å². The lowest BCUT2D eigenvalue weighted by Gasteiger charge is -2.41. The predicted octanol–water partition coefficient (Wildman–Crippen LogP) is 0.126. The Hall–Kier alpha value is -0.160. The molecule has 148 valence electrons. The van der Waals surface area contributed by atoms with Crippen LogP contribution in [0.25, 0.3) is 0 Å². The number of hydrogen-bond acceptors (Lipinski definition) is 5. The van der Waals surface area contributed by atoms with Gasteiger partial charge in [-0.2, -0.15) is 0 Å². The minimum atomic E-state index is 0. The first-order chi connectivity index (χ1) is 11.4. The highest BCUT2D eigenvalue weighted by Crippen LogP contribution is 2.15. The summed E-state index contributed by atoms with van der Waals surface area (Å²) in [4.78, 5) is 11.7. The van der Waals surface area contributed by atoms with E-state index in [4.69, 9.17) is 4.74 Å². The number of guanidine groups is 1. The zero-order chi connectivity index (χ0) is 17.6. The van der Waals surface area contributed by atoms with Gasteiger partial charge < -0.3 is 20.3 Å². The van der Waals surface area contributed by atoms with Crippen molar-refractivity contribution in [1.29, 1.82) is 0 Å². The first-order valence-electron chi connectivity index (χ1n) is 9.08. The summed E-state index contributed by atoms with van der Waals surface area (Å²) in [7, 11) is 6.24. The van der Waals surface area contributed by atoms with Crippen LogP contribution in [0.3, 0.4) is 0 Å². The van der Waals surface area contributed by atoms with Gasteiger partial charge >= 0.3 is 0 Å². The third kappa shape index (κ3) is 7.16. The molecule has 2 rings (SSSR count). The number of rotatable bonds is 5. The van der Waals surface area contributed by atoms with E-state index < -0.39 is 0 Å². The number of hydrogen-bond donors (Lipinski definition) is 2. The van der Waals surface area contributed by atoms with Gasteiger partial charge in [-0.25, -0.2) is 0 Å². The van der Waals surface area contributed by atoms with Crippen LogP contribution >= 0.6 is 24.0 Å². The van der Waals surface area contributed by atoms with Crippen molar-refractivity contribution in [3.8, 4) is 0 Å². The van der Waals surface area contributed by atoms with Gasteiger partial charge in [0.25, 0.3) is 0 Å². The van der Waals surface area contributed by atoms with Crippen molar-refractivity contribution in [1.82, 2.24) is 25.3 Å². The Bertz CT molecular complexity index is 414. The van der Waals surface area contributed by atoms with Gasteiger partial charge in [0, 0.05) is 64.4 Å². The molecule has 0 aliphatic carbocycles. The molecule has 25 heavy (non-hydrogen) atoms. The van der Waals surface area contributed by atoms with Gasteiger partial charge in [-0.15, -0.1) is 24.0 Å². The van der Waals surface area contributed by atoms with Gasteiger partial charge in [0.15, 0.2) is 5.96 Å². The molecule has 0 bridgehead atoms. The highest BCUT2D eigenvalue weighted by atomic mass is 127. The van der Waals surface area contributed by atoms with Gasteiger partial charge in [-0.1, -0.05) is 0 Å². The summed E-state index contributed by atoms with van der Waals surface area (Å²) in [6.07, 6.45) is 0. The number of piperazine rings is 1. The first kappa shape index (κ1) is 22.9. The summed E-state index contributed by atoms with van der Waals surface area (Å²) in [5.74, 6) is 0.887. The summed E-state index contributed by atoms with van der Waals surface area (Å²) in [6.45, 7) is 13.4. The van der Waals surface area contributed by atoms with Gasteiger partial charge in [0.1, 0.15) is 0 Å². The Labute approximate surface area is 170 Å².